The number of amides is 1. The number of aromatic nitrogens is 1. The zero-order valence-electron chi connectivity index (χ0n) is 13.0. The highest BCUT2D eigenvalue weighted by Gasteiger charge is 2.45. The maximum Gasteiger partial charge on any atom is 0.296 e. The van der Waals surface area contributed by atoms with Gasteiger partial charge >= 0.3 is 0 Å². The first-order valence-electron chi connectivity index (χ1n) is 7.39. The van der Waals surface area contributed by atoms with E-state index in [1.54, 1.807) is 54.4 Å². The Hall–Kier alpha value is -3.33. The van der Waals surface area contributed by atoms with Gasteiger partial charge in [-0.05, 0) is 17.7 Å². The molecular weight excluding hydrogens is 306 g/mol. The molecule has 1 aliphatic rings. The summed E-state index contributed by atoms with van der Waals surface area (Å²) >= 11 is 0. The van der Waals surface area contributed by atoms with Crippen molar-refractivity contribution in [2.24, 2.45) is 0 Å². The third kappa shape index (κ3) is 2.68. The van der Waals surface area contributed by atoms with Crippen LogP contribution in [-0.2, 0) is 4.79 Å². The zero-order chi connectivity index (χ0) is 17.1. The van der Waals surface area contributed by atoms with E-state index in [4.69, 9.17) is 4.74 Å². The normalized spacial score (nSPS) is 20.2. The van der Waals surface area contributed by atoms with Crippen molar-refractivity contribution in [1.29, 1.82) is 5.26 Å². The molecule has 1 aromatic heterocycles. The van der Waals surface area contributed by atoms with E-state index in [1.807, 2.05) is 18.2 Å². The summed E-state index contributed by atoms with van der Waals surface area (Å²) in [6, 6.07) is 13.9. The Morgan fingerprint density at radius 2 is 2.00 bits per heavy atom. The van der Waals surface area contributed by atoms with E-state index in [0.29, 0.717) is 11.3 Å². The molecule has 0 spiro atoms. The second-order valence-electron chi connectivity index (χ2n) is 5.39. The lowest BCUT2D eigenvalue weighted by Gasteiger charge is -2.27. The minimum Gasteiger partial charge on any atom is -0.497 e. The van der Waals surface area contributed by atoms with Crippen LogP contribution in [0.4, 0.5) is 0 Å². The van der Waals surface area contributed by atoms with Gasteiger partial charge in [-0.3, -0.25) is 10.1 Å². The van der Waals surface area contributed by atoms with Crippen LogP contribution < -0.4 is 14.6 Å². The van der Waals surface area contributed by atoms with Crippen LogP contribution in [0.2, 0.25) is 0 Å². The van der Waals surface area contributed by atoms with Gasteiger partial charge in [0.15, 0.2) is 12.4 Å². The van der Waals surface area contributed by atoms with Gasteiger partial charge in [-0.25, -0.2) is 0 Å². The van der Waals surface area contributed by atoms with Crippen LogP contribution >= 0.6 is 0 Å². The fourth-order valence-electron chi connectivity index (χ4n) is 2.93. The summed E-state index contributed by atoms with van der Waals surface area (Å²) in [4.78, 5) is 12.5. The minimum absolute atomic E-state index is 0.115. The van der Waals surface area contributed by atoms with E-state index < -0.39 is 17.8 Å². The molecule has 6 heteroatoms. The predicted molar refractivity (Wildman–Crippen MR) is 84.8 cm³/mol. The number of carbonyl (C=O) groups is 1. The highest BCUT2D eigenvalue weighted by atomic mass is 16.5. The molecule has 120 valence electrons. The molecule has 2 atom stereocenters. The molecule has 0 fully saturated rings. The summed E-state index contributed by atoms with van der Waals surface area (Å²) < 4.78 is 6.97. The van der Waals surface area contributed by atoms with Crippen molar-refractivity contribution in [3.63, 3.8) is 0 Å². The molecule has 1 aromatic carbocycles. The molecule has 2 heterocycles. The van der Waals surface area contributed by atoms with Gasteiger partial charge < -0.3 is 9.84 Å². The van der Waals surface area contributed by atoms with E-state index in [-0.39, 0.29) is 11.5 Å². The van der Waals surface area contributed by atoms with Crippen LogP contribution in [0.15, 0.2) is 66.3 Å². The number of aliphatic hydroxyl groups excluding tert-OH is 1. The molecule has 0 saturated carbocycles. The average Bonchev–Trinajstić information content (AvgIpc) is 2.62. The third-order valence-electron chi connectivity index (χ3n) is 4.03. The van der Waals surface area contributed by atoms with Gasteiger partial charge in [0.25, 0.3) is 5.91 Å². The second kappa shape index (κ2) is 6.42. The summed E-state index contributed by atoms with van der Waals surface area (Å²) in [5, 5.41) is 21.9. The largest absolute Gasteiger partial charge is 0.497 e. The number of rotatable bonds is 3. The number of hydrogen-bond acceptors (Lipinski definition) is 4. The monoisotopic (exact) mass is 322 g/mol. The molecule has 2 aromatic rings. The number of allylic oxidation sites excluding steroid dienone is 1. The van der Waals surface area contributed by atoms with E-state index in [0.717, 1.165) is 0 Å². The van der Waals surface area contributed by atoms with Gasteiger partial charge in [0.2, 0.25) is 11.9 Å². The molecule has 0 radical (unpaired) electrons. The number of methoxy groups -OCH3 is 1. The third-order valence-corrected chi connectivity index (χ3v) is 4.03. The van der Waals surface area contributed by atoms with E-state index in [2.05, 4.69) is 5.32 Å². The van der Waals surface area contributed by atoms with Gasteiger partial charge in [-0.15, -0.1) is 0 Å². The lowest BCUT2D eigenvalue weighted by Crippen LogP contribution is -2.53. The fourth-order valence-corrected chi connectivity index (χ4v) is 2.93. The van der Waals surface area contributed by atoms with Crippen molar-refractivity contribution in [3.8, 4) is 11.8 Å². The fraction of sp³-hybridized carbons (Fsp3) is 0.167. The highest BCUT2D eigenvalue weighted by molar-refractivity contribution is 5.84. The molecule has 1 aliphatic heterocycles. The average molecular weight is 322 g/mol. The van der Waals surface area contributed by atoms with Crippen LogP contribution in [-0.4, -0.2) is 18.1 Å². The molecule has 24 heavy (non-hydrogen) atoms. The second-order valence-corrected chi connectivity index (χ2v) is 5.39. The lowest BCUT2D eigenvalue weighted by molar-refractivity contribution is -0.711. The molecule has 0 unspecified atom stereocenters. The highest BCUT2D eigenvalue weighted by Crippen LogP contribution is 2.37. The Morgan fingerprint density at radius 3 is 2.67 bits per heavy atom. The smallest absolute Gasteiger partial charge is 0.296 e. The molecule has 0 aliphatic carbocycles. The van der Waals surface area contributed by atoms with Crippen LogP contribution in [0.3, 0.4) is 0 Å². The van der Waals surface area contributed by atoms with Gasteiger partial charge in [0, 0.05) is 12.1 Å². The Kier molecular flexibility index (Phi) is 4.17. The van der Waals surface area contributed by atoms with Crippen molar-refractivity contribution in [2.75, 3.05) is 7.11 Å². The Labute approximate surface area is 139 Å². The van der Waals surface area contributed by atoms with E-state index >= 15 is 0 Å². The lowest BCUT2D eigenvalue weighted by atomic mass is 9.82. The summed E-state index contributed by atoms with van der Waals surface area (Å²) in [6.07, 6.45) is 3.52. The number of nitrogens with one attached hydrogen (secondary N) is 1. The van der Waals surface area contributed by atoms with Crippen LogP contribution in [0.1, 0.15) is 17.5 Å². The number of pyridine rings is 1. The van der Waals surface area contributed by atoms with Gasteiger partial charge in [-0.2, -0.15) is 9.83 Å². The quantitative estimate of drug-likeness (QED) is 0.843. The van der Waals surface area contributed by atoms with E-state index in [9.17, 15) is 15.2 Å². The molecule has 0 saturated heterocycles. The first-order valence-corrected chi connectivity index (χ1v) is 7.39. The Bertz CT molecular complexity index is 840. The number of aliphatic hydroxyl groups is 1. The van der Waals surface area contributed by atoms with Crippen LogP contribution in [0.25, 0.3) is 0 Å². The van der Waals surface area contributed by atoms with Crippen molar-refractivity contribution < 1.29 is 19.2 Å². The number of hydrogen-bond donors (Lipinski definition) is 2. The topological polar surface area (TPSA) is 86.2 Å². The zero-order valence-corrected chi connectivity index (χ0v) is 13.0. The number of nitrogens with zero attached hydrogens (tertiary/aromatic N) is 2. The molecule has 6 nitrogen and oxygen atoms in total. The number of ether oxygens (including phenoxy) is 1. The number of nitriles is 1. The Morgan fingerprint density at radius 1 is 1.25 bits per heavy atom. The van der Waals surface area contributed by atoms with Gasteiger partial charge in [0.05, 0.1) is 13.0 Å². The number of carbonyl (C=O) groups excluding carboxylic acids is 1. The molecular formula is C18H16N3O3+. The molecule has 2 N–H and O–H groups in total. The van der Waals surface area contributed by atoms with Crippen molar-refractivity contribution in [3.05, 3.63) is 71.9 Å². The first-order chi connectivity index (χ1) is 11.7. The summed E-state index contributed by atoms with van der Waals surface area (Å²) in [5.74, 6) is -0.781. The molecule has 3 rings (SSSR count). The van der Waals surface area contributed by atoms with Crippen molar-refractivity contribution in [2.45, 2.75) is 12.0 Å². The SMILES string of the molecule is COc1cccc([C@@H]2C(C#N)=C(O)NC(=O)[C@H]2[n+]2ccccc2)c1. The first kappa shape index (κ1) is 15.6. The van der Waals surface area contributed by atoms with Crippen molar-refractivity contribution >= 4 is 5.91 Å². The minimum atomic E-state index is -0.691. The van der Waals surface area contributed by atoms with E-state index in [1.165, 1.54) is 0 Å². The summed E-state index contributed by atoms with van der Waals surface area (Å²) in [6.45, 7) is 0. The standard InChI is InChI=1S/C18H15N3O3/c1-24-13-7-5-6-12(10-13)15-14(11-19)17(22)20-18(23)16(15)21-8-3-2-4-9-21/h2-10,15-16H,1H3,(H-,20,22,23)/p+1/t15-,16+/m1/s1. The molecule has 0 bridgehead atoms. The maximum absolute atomic E-state index is 12.5. The van der Waals surface area contributed by atoms with Crippen molar-refractivity contribution in [1.82, 2.24) is 5.32 Å². The Balaban J connectivity index is 2.19. The summed E-state index contributed by atoms with van der Waals surface area (Å²) in [7, 11) is 1.55. The predicted octanol–water partition coefficient (Wildman–Crippen LogP) is 1.73. The molecule has 1 amide bonds. The van der Waals surface area contributed by atoms with Crippen LogP contribution in [0, 0.1) is 11.3 Å². The van der Waals surface area contributed by atoms with Gasteiger partial charge in [0.1, 0.15) is 17.4 Å². The summed E-state index contributed by atoms with van der Waals surface area (Å²) in [5.41, 5.74) is 0.831. The maximum atomic E-state index is 12.5. The number of benzene rings is 1. The van der Waals surface area contributed by atoms with Crippen LogP contribution in [0.5, 0.6) is 5.75 Å². The van der Waals surface area contributed by atoms with Gasteiger partial charge in [-0.1, -0.05) is 18.2 Å².